The Morgan fingerprint density at radius 3 is 2.54 bits per heavy atom. The van der Waals surface area contributed by atoms with Crippen LogP contribution in [0.4, 0.5) is 0 Å². The maximum absolute atomic E-state index is 12.6. The Balaban J connectivity index is 1.83. The highest BCUT2D eigenvalue weighted by Gasteiger charge is 2.24. The summed E-state index contributed by atoms with van der Waals surface area (Å²) in [7, 11) is 0. The summed E-state index contributed by atoms with van der Waals surface area (Å²) in [5, 5.41) is 17.1. The number of carbonyl (C=O) groups is 2. The summed E-state index contributed by atoms with van der Waals surface area (Å²) in [6, 6.07) is 18.6. The van der Waals surface area contributed by atoms with E-state index in [9.17, 15) is 9.59 Å². The minimum Gasteiger partial charge on any atom is -0.351 e. The Labute approximate surface area is 155 Å². The highest BCUT2D eigenvalue weighted by atomic mass is 32.1. The number of nitriles is 1. The van der Waals surface area contributed by atoms with Gasteiger partial charge in [-0.05, 0) is 34.5 Å². The first kappa shape index (κ1) is 17.6. The molecule has 0 aliphatic heterocycles. The number of benzene rings is 2. The van der Waals surface area contributed by atoms with Crippen LogP contribution in [0.1, 0.15) is 21.8 Å². The maximum atomic E-state index is 12.6. The van der Waals surface area contributed by atoms with Crippen molar-refractivity contribution in [2.75, 3.05) is 13.1 Å². The molecule has 0 aliphatic rings. The van der Waals surface area contributed by atoms with Crippen LogP contribution in [-0.4, -0.2) is 24.9 Å². The topological polar surface area (TPSA) is 82.0 Å². The van der Waals surface area contributed by atoms with Crippen LogP contribution >= 0.6 is 11.3 Å². The van der Waals surface area contributed by atoms with E-state index in [0.29, 0.717) is 5.56 Å². The molecule has 1 heterocycles. The van der Waals surface area contributed by atoms with Gasteiger partial charge in [0.05, 0.1) is 12.0 Å². The zero-order valence-corrected chi connectivity index (χ0v) is 14.8. The van der Waals surface area contributed by atoms with Crippen LogP contribution in [0, 0.1) is 11.3 Å². The van der Waals surface area contributed by atoms with E-state index >= 15 is 0 Å². The van der Waals surface area contributed by atoms with Gasteiger partial charge in [0.15, 0.2) is 0 Å². The van der Waals surface area contributed by atoms with Crippen LogP contribution in [0.25, 0.3) is 10.1 Å². The smallest absolute Gasteiger partial charge is 0.251 e. The Hall–Kier alpha value is -3.17. The van der Waals surface area contributed by atoms with E-state index in [1.165, 1.54) is 0 Å². The molecule has 2 aromatic carbocycles. The van der Waals surface area contributed by atoms with Crippen LogP contribution in [0.15, 0.2) is 60.0 Å². The third-order valence-electron chi connectivity index (χ3n) is 4.05. The van der Waals surface area contributed by atoms with Crippen molar-refractivity contribution in [3.05, 3.63) is 71.1 Å². The lowest BCUT2D eigenvalue weighted by atomic mass is 9.97. The van der Waals surface area contributed by atoms with Gasteiger partial charge < -0.3 is 10.6 Å². The molecule has 0 bridgehead atoms. The van der Waals surface area contributed by atoms with Gasteiger partial charge in [-0.2, -0.15) is 5.26 Å². The monoisotopic (exact) mass is 363 g/mol. The van der Waals surface area contributed by atoms with E-state index in [-0.39, 0.29) is 24.9 Å². The molecular weight excluding hydrogens is 346 g/mol. The Morgan fingerprint density at radius 2 is 1.77 bits per heavy atom. The number of rotatable bonds is 6. The van der Waals surface area contributed by atoms with E-state index in [1.807, 2.05) is 41.8 Å². The first-order chi connectivity index (χ1) is 12.7. The molecule has 1 aromatic heterocycles. The molecule has 0 radical (unpaired) electrons. The van der Waals surface area contributed by atoms with Crippen molar-refractivity contribution in [3.63, 3.8) is 0 Å². The van der Waals surface area contributed by atoms with Gasteiger partial charge in [0.1, 0.15) is 6.54 Å². The fourth-order valence-corrected chi connectivity index (χ4v) is 3.76. The van der Waals surface area contributed by atoms with Gasteiger partial charge >= 0.3 is 0 Å². The molecular formula is C20H17N3O2S. The number of nitrogens with one attached hydrogen (secondary N) is 2. The van der Waals surface area contributed by atoms with E-state index in [4.69, 9.17) is 5.26 Å². The average Bonchev–Trinajstić information content (AvgIpc) is 3.11. The molecule has 130 valence electrons. The summed E-state index contributed by atoms with van der Waals surface area (Å²) in [4.78, 5) is 24.9. The number of amides is 2. The largest absolute Gasteiger partial charge is 0.351 e. The number of thiophene rings is 1. The molecule has 1 atom stereocenters. The summed E-state index contributed by atoms with van der Waals surface area (Å²) in [6.07, 6.45) is 0. The zero-order chi connectivity index (χ0) is 18.4. The van der Waals surface area contributed by atoms with E-state index in [0.717, 1.165) is 15.6 Å². The van der Waals surface area contributed by atoms with Crippen molar-refractivity contribution in [1.82, 2.24) is 10.6 Å². The minimum atomic E-state index is -0.563. The normalized spacial score (nSPS) is 11.5. The molecule has 2 N–H and O–H groups in total. The quantitative estimate of drug-likeness (QED) is 0.661. The lowest BCUT2D eigenvalue weighted by Crippen LogP contribution is -2.37. The van der Waals surface area contributed by atoms with Gasteiger partial charge in [-0.25, -0.2) is 0 Å². The highest BCUT2D eigenvalue weighted by molar-refractivity contribution is 7.17. The van der Waals surface area contributed by atoms with Crippen LogP contribution < -0.4 is 10.6 Å². The van der Waals surface area contributed by atoms with Crippen molar-refractivity contribution in [1.29, 1.82) is 5.26 Å². The van der Waals surface area contributed by atoms with Gasteiger partial charge in [-0.15, -0.1) is 11.3 Å². The van der Waals surface area contributed by atoms with Crippen molar-refractivity contribution in [2.24, 2.45) is 0 Å². The Morgan fingerprint density at radius 1 is 1.04 bits per heavy atom. The van der Waals surface area contributed by atoms with Crippen LogP contribution in [0.3, 0.4) is 0 Å². The standard InChI is InChI=1S/C20H17N3O2S/c21-10-11-22-20(25)16(12-23-19(24)14-6-2-1-3-7-14)17-13-26-18-9-5-4-8-15(17)18/h1-9,13,16H,11-12H2,(H,22,25)(H,23,24). The van der Waals surface area contributed by atoms with Gasteiger partial charge in [0.2, 0.25) is 5.91 Å². The molecule has 1 unspecified atom stereocenters. The fraction of sp³-hybridized carbons (Fsp3) is 0.150. The molecule has 2 amide bonds. The lowest BCUT2D eigenvalue weighted by Gasteiger charge is -2.17. The summed E-state index contributed by atoms with van der Waals surface area (Å²) >= 11 is 1.56. The predicted octanol–water partition coefficient (Wildman–Crippen LogP) is 3.05. The van der Waals surface area contributed by atoms with Crippen molar-refractivity contribution in [3.8, 4) is 6.07 Å². The van der Waals surface area contributed by atoms with Gasteiger partial charge in [-0.1, -0.05) is 36.4 Å². The predicted molar refractivity (Wildman–Crippen MR) is 102 cm³/mol. The Bertz CT molecular complexity index is 960. The molecule has 0 aliphatic carbocycles. The first-order valence-electron chi connectivity index (χ1n) is 8.14. The number of nitrogens with zero attached hydrogens (tertiary/aromatic N) is 1. The fourth-order valence-electron chi connectivity index (χ4n) is 2.75. The lowest BCUT2D eigenvalue weighted by molar-refractivity contribution is -0.122. The van der Waals surface area contributed by atoms with Crippen LogP contribution in [0.2, 0.25) is 0 Å². The maximum Gasteiger partial charge on any atom is 0.251 e. The molecule has 6 heteroatoms. The van der Waals surface area contributed by atoms with Gasteiger partial charge in [0, 0.05) is 16.8 Å². The van der Waals surface area contributed by atoms with Crippen LogP contribution in [0.5, 0.6) is 0 Å². The second-order valence-electron chi connectivity index (χ2n) is 5.69. The molecule has 3 aromatic rings. The number of fused-ring (bicyclic) bond motifs is 1. The van der Waals surface area contributed by atoms with Crippen molar-refractivity contribution in [2.45, 2.75) is 5.92 Å². The van der Waals surface area contributed by atoms with E-state index in [1.54, 1.807) is 35.6 Å². The number of hydrogen-bond acceptors (Lipinski definition) is 4. The second kappa shape index (κ2) is 8.28. The molecule has 0 fully saturated rings. The summed E-state index contributed by atoms with van der Waals surface area (Å²) in [6.45, 7) is 0.0930. The second-order valence-corrected chi connectivity index (χ2v) is 6.60. The van der Waals surface area contributed by atoms with Crippen LogP contribution in [-0.2, 0) is 4.79 Å². The van der Waals surface area contributed by atoms with Gasteiger partial charge in [0.25, 0.3) is 5.91 Å². The SMILES string of the molecule is N#CCNC(=O)C(CNC(=O)c1ccccc1)c1csc2ccccc12. The third-order valence-corrected chi connectivity index (χ3v) is 5.03. The van der Waals surface area contributed by atoms with Gasteiger partial charge in [-0.3, -0.25) is 9.59 Å². The summed E-state index contributed by atoms with van der Waals surface area (Å²) in [5.41, 5.74) is 1.40. The highest BCUT2D eigenvalue weighted by Crippen LogP contribution is 2.31. The van der Waals surface area contributed by atoms with E-state index < -0.39 is 5.92 Å². The first-order valence-corrected chi connectivity index (χ1v) is 9.02. The average molecular weight is 363 g/mol. The van der Waals surface area contributed by atoms with Crippen molar-refractivity contribution < 1.29 is 9.59 Å². The number of hydrogen-bond donors (Lipinski definition) is 2. The molecule has 0 spiro atoms. The Kier molecular flexibility index (Phi) is 5.62. The molecule has 3 rings (SSSR count). The van der Waals surface area contributed by atoms with Crippen molar-refractivity contribution >= 4 is 33.2 Å². The molecule has 26 heavy (non-hydrogen) atoms. The molecule has 0 saturated heterocycles. The summed E-state index contributed by atoms with van der Waals surface area (Å²) < 4.78 is 1.08. The number of carbonyl (C=O) groups excluding carboxylic acids is 2. The van der Waals surface area contributed by atoms with E-state index in [2.05, 4.69) is 10.6 Å². The zero-order valence-electron chi connectivity index (χ0n) is 13.9. The summed E-state index contributed by atoms with van der Waals surface area (Å²) in [5.74, 6) is -1.07. The third kappa shape index (κ3) is 3.90. The molecule has 5 nitrogen and oxygen atoms in total. The minimum absolute atomic E-state index is 0.0654. The molecule has 0 saturated carbocycles.